The minimum atomic E-state index is -0.266. The summed E-state index contributed by atoms with van der Waals surface area (Å²) in [5, 5.41) is 0. The van der Waals surface area contributed by atoms with Crippen LogP contribution in [-0.2, 0) is 11.2 Å². The number of thiazole rings is 1. The Morgan fingerprint density at radius 2 is 2.31 bits per heavy atom. The molecule has 0 spiro atoms. The summed E-state index contributed by atoms with van der Waals surface area (Å²) in [6.45, 7) is 5.99. The highest BCUT2D eigenvalue weighted by Gasteiger charge is 2.02. The van der Waals surface area contributed by atoms with Crippen molar-refractivity contribution in [2.45, 2.75) is 33.6 Å². The Balaban J connectivity index is 0. The van der Waals surface area contributed by atoms with Crippen LogP contribution >= 0.6 is 11.3 Å². The van der Waals surface area contributed by atoms with E-state index in [1.807, 2.05) is 20.8 Å². The predicted molar refractivity (Wildman–Crippen MR) is 57.8 cm³/mol. The highest BCUT2D eigenvalue weighted by atomic mass is 32.1. The van der Waals surface area contributed by atoms with Gasteiger partial charge in [-0.1, -0.05) is 13.8 Å². The van der Waals surface area contributed by atoms with Gasteiger partial charge in [0.05, 0.1) is 11.2 Å². The van der Waals surface area contributed by atoms with Gasteiger partial charge in [-0.3, -0.25) is 4.79 Å². The van der Waals surface area contributed by atoms with Crippen LogP contribution in [0.3, 0.4) is 0 Å². The number of carbonyl (C=O) groups is 1. The second-order valence-corrected chi connectivity index (χ2v) is 3.38. The third-order valence-electron chi connectivity index (χ3n) is 1.45. The SMILES string of the molecule is CC.Cc1scnc1CCC(N)=O.[HH]. The first-order chi connectivity index (χ1) is 6.20. The van der Waals surface area contributed by atoms with Gasteiger partial charge in [0.25, 0.3) is 0 Å². The Morgan fingerprint density at radius 3 is 2.69 bits per heavy atom. The molecule has 1 rings (SSSR count). The molecule has 1 heterocycles. The Bertz CT molecular complexity index is 263. The van der Waals surface area contributed by atoms with Crippen molar-refractivity contribution in [2.75, 3.05) is 0 Å². The van der Waals surface area contributed by atoms with Gasteiger partial charge in [-0.2, -0.15) is 0 Å². The number of nitrogens with two attached hydrogens (primary N) is 1. The molecule has 4 heteroatoms. The van der Waals surface area contributed by atoms with Crippen LogP contribution in [-0.4, -0.2) is 10.9 Å². The largest absolute Gasteiger partial charge is 0.370 e. The topological polar surface area (TPSA) is 56.0 Å². The zero-order chi connectivity index (χ0) is 10.3. The predicted octanol–water partition coefficient (Wildman–Crippen LogP) is 2.14. The molecule has 0 aromatic carbocycles. The van der Waals surface area contributed by atoms with Gasteiger partial charge in [0.1, 0.15) is 0 Å². The highest BCUT2D eigenvalue weighted by Crippen LogP contribution is 2.12. The number of primary amides is 1. The molecule has 0 bridgehead atoms. The van der Waals surface area contributed by atoms with Crippen LogP contribution in [0.2, 0.25) is 0 Å². The second-order valence-electron chi connectivity index (χ2n) is 2.32. The Labute approximate surface area is 84.5 Å². The monoisotopic (exact) mass is 202 g/mol. The molecule has 0 saturated heterocycles. The number of carbonyl (C=O) groups excluding carboxylic acids is 1. The fourth-order valence-electron chi connectivity index (χ4n) is 0.810. The van der Waals surface area contributed by atoms with Crippen molar-refractivity contribution in [3.63, 3.8) is 0 Å². The smallest absolute Gasteiger partial charge is 0.217 e. The summed E-state index contributed by atoms with van der Waals surface area (Å²) in [6.07, 6.45) is 1.06. The quantitative estimate of drug-likeness (QED) is 0.816. The van der Waals surface area contributed by atoms with Crippen LogP contribution in [0, 0.1) is 6.92 Å². The maximum Gasteiger partial charge on any atom is 0.217 e. The highest BCUT2D eigenvalue weighted by molar-refractivity contribution is 7.09. The molecule has 3 nitrogen and oxygen atoms in total. The van der Waals surface area contributed by atoms with Crippen LogP contribution < -0.4 is 5.73 Å². The fourth-order valence-corrected chi connectivity index (χ4v) is 1.44. The Hall–Kier alpha value is -0.900. The second kappa shape index (κ2) is 6.60. The molecule has 1 aromatic rings. The average molecular weight is 202 g/mol. The van der Waals surface area contributed by atoms with E-state index in [4.69, 9.17) is 5.73 Å². The number of rotatable bonds is 3. The van der Waals surface area contributed by atoms with Gasteiger partial charge in [-0.15, -0.1) is 11.3 Å². The van der Waals surface area contributed by atoms with Gasteiger partial charge in [-0.05, 0) is 13.3 Å². The Kier molecular flexibility index (Phi) is 6.14. The number of nitrogens with zero attached hydrogens (tertiary/aromatic N) is 1. The van der Waals surface area contributed by atoms with Crippen molar-refractivity contribution in [3.8, 4) is 0 Å². The summed E-state index contributed by atoms with van der Waals surface area (Å²) in [6, 6.07) is 0. The summed E-state index contributed by atoms with van der Waals surface area (Å²) in [4.78, 5) is 15.7. The molecule has 76 valence electrons. The maximum atomic E-state index is 10.4. The number of hydrogen-bond acceptors (Lipinski definition) is 3. The Morgan fingerprint density at radius 1 is 1.69 bits per heavy atom. The van der Waals surface area contributed by atoms with Gasteiger partial charge >= 0.3 is 0 Å². The van der Waals surface area contributed by atoms with Crippen molar-refractivity contribution in [1.29, 1.82) is 0 Å². The normalized spacial score (nSPS) is 8.85. The van der Waals surface area contributed by atoms with Crippen molar-refractivity contribution in [3.05, 3.63) is 16.1 Å². The molecular formula is C9H18N2OS. The van der Waals surface area contributed by atoms with E-state index in [-0.39, 0.29) is 7.33 Å². The lowest BCUT2D eigenvalue weighted by Crippen LogP contribution is -2.11. The first kappa shape index (κ1) is 12.1. The average Bonchev–Trinajstić information content (AvgIpc) is 2.51. The zero-order valence-corrected chi connectivity index (χ0v) is 9.15. The van der Waals surface area contributed by atoms with Crippen molar-refractivity contribution in [1.82, 2.24) is 4.98 Å². The molecule has 2 N–H and O–H groups in total. The minimum absolute atomic E-state index is 0. The van der Waals surface area contributed by atoms with Crippen LogP contribution in [0.1, 0.15) is 32.3 Å². The molecule has 0 saturated carbocycles. The van der Waals surface area contributed by atoms with Crippen LogP contribution in [0.5, 0.6) is 0 Å². The van der Waals surface area contributed by atoms with Crippen LogP contribution in [0.25, 0.3) is 0 Å². The first-order valence-electron chi connectivity index (χ1n) is 4.37. The van der Waals surface area contributed by atoms with Gasteiger partial charge in [0.15, 0.2) is 0 Å². The van der Waals surface area contributed by atoms with E-state index < -0.39 is 0 Å². The lowest BCUT2D eigenvalue weighted by molar-refractivity contribution is -0.118. The summed E-state index contributed by atoms with van der Waals surface area (Å²) in [5.74, 6) is -0.266. The molecule has 13 heavy (non-hydrogen) atoms. The van der Waals surface area contributed by atoms with E-state index in [1.54, 1.807) is 16.8 Å². The van der Waals surface area contributed by atoms with E-state index in [2.05, 4.69) is 4.98 Å². The molecule has 0 unspecified atom stereocenters. The molecule has 0 aliphatic rings. The number of aryl methyl sites for hydroxylation is 2. The summed E-state index contributed by atoms with van der Waals surface area (Å²) >= 11 is 1.59. The van der Waals surface area contributed by atoms with E-state index in [0.29, 0.717) is 12.8 Å². The van der Waals surface area contributed by atoms with Gasteiger partial charge in [0.2, 0.25) is 5.91 Å². The van der Waals surface area contributed by atoms with Crippen molar-refractivity contribution >= 4 is 17.2 Å². The van der Waals surface area contributed by atoms with E-state index >= 15 is 0 Å². The first-order valence-corrected chi connectivity index (χ1v) is 5.25. The number of hydrogen-bond donors (Lipinski definition) is 1. The summed E-state index contributed by atoms with van der Waals surface area (Å²) in [7, 11) is 0. The summed E-state index contributed by atoms with van der Waals surface area (Å²) in [5.41, 5.74) is 7.77. The number of aromatic nitrogens is 1. The van der Waals surface area contributed by atoms with Crippen LogP contribution in [0.4, 0.5) is 0 Å². The molecule has 0 atom stereocenters. The molecule has 0 aliphatic carbocycles. The van der Waals surface area contributed by atoms with E-state index in [1.165, 1.54) is 4.88 Å². The van der Waals surface area contributed by atoms with Gasteiger partial charge < -0.3 is 5.73 Å². The maximum absolute atomic E-state index is 10.4. The van der Waals surface area contributed by atoms with Gasteiger partial charge in [0, 0.05) is 12.7 Å². The minimum Gasteiger partial charge on any atom is -0.370 e. The molecular weight excluding hydrogens is 184 g/mol. The van der Waals surface area contributed by atoms with Crippen molar-refractivity contribution < 1.29 is 6.22 Å². The molecule has 1 aromatic heterocycles. The summed E-state index contributed by atoms with van der Waals surface area (Å²) < 4.78 is 0. The standard InChI is InChI=1S/C7H10N2OS.C2H6.H2/c1-5-6(9-4-11-5)2-3-7(8)10;1-2;/h4H,2-3H2,1H3,(H2,8,10);1-2H3;1H. The fraction of sp³-hybridized carbons (Fsp3) is 0.556. The van der Waals surface area contributed by atoms with Gasteiger partial charge in [-0.25, -0.2) is 4.98 Å². The zero-order valence-electron chi connectivity index (χ0n) is 8.33. The molecule has 1 amide bonds. The van der Waals surface area contributed by atoms with Crippen LogP contribution in [0.15, 0.2) is 5.51 Å². The lowest BCUT2D eigenvalue weighted by Gasteiger charge is -1.93. The third kappa shape index (κ3) is 4.62. The molecule has 0 radical (unpaired) electrons. The molecule has 0 aliphatic heterocycles. The van der Waals surface area contributed by atoms with E-state index in [0.717, 1.165) is 5.69 Å². The number of amides is 1. The van der Waals surface area contributed by atoms with Crippen molar-refractivity contribution in [2.24, 2.45) is 5.73 Å². The molecule has 0 fully saturated rings. The lowest BCUT2D eigenvalue weighted by atomic mass is 10.2. The van der Waals surface area contributed by atoms with E-state index in [9.17, 15) is 4.79 Å². The third-order valence-corrected chi connectivity index (χ3v) is 2.25.